The molecule has 1 aromatic heterocycles. The minimum absolute atomic E-state index is 0.140. The van der Waals surface area contributed by atoms with Crippen molar-refractivity contribution in [2.45, 2.75) is 19.9 Å². The summed E-state index contributed by atoms with van der Waals surface area (Å²) in [7, 11) is 0. The molecule has 6 nitrogen and oxygen atoms in total. The third-order valence-electron chi connectivity index (χ3n) is 4.25. The van der Waals surface area contributed by atoms with Gasteiger partial charge in [-0.25, -0.2) is 4.68 Å². The Labute approximate surface area is 178 Å². The molecule has 3 rings (SSSR count). The highest BCUT2D eigenvalue weighted by molar-refractivity contribution is 6.42. The van der Waals surface area contributed by atoms with Gasteiger partial charge in [0.2, 0.25) is 5.91 Å². The number of aromatic nitrogens is 2. The monoisotopic (exact) mass is 430 g/mol. The third kappa shape index (κ3) is 5.59. The van der Waals surface area contributed by atoms with Crippen LogP contribution in [0, 0.1) is 6.92 Å². The second-order valence-electron chi connectivity index (χ2n) is 6.51. The van der Waals surface area contributed by atoms with Crippen LogP contribution in [0.15, 0.2) is 54.7 Å². The van der Waals surface area contributed by atoms with Gasteiger partial charge in [-0.05, 0) is 30.7 Å². The number of carbonyl (C=O) groups is 2. The molecule has 0 unspecified atom stereocenters. The van der Waals surface area contributed by atoms with Gasteiger partial charge < -0.3 is 10.6 Å². The van der Waals surface area contributed by atoms with E-state index in [1.165, 1.54) is 0 Å². The van der Waals surface area contributed by atoms with Crippen LogP contribution in [-0.2, 0) is 11.3 Å². The molecule has 1 heterocycles. The molecule has 2 amide bonds. The summed E-state index contributed by atoms with van der Waals surface area (Å²) < 4.78 is 1.63. The molecule has 3 aromatic rings. The van der Waals surface area contributed by atoms with E-state index in [-0.39, 0.29) is 24.8 Å². The highest BCUT2D eigenvalue weighted by atomic mass is 35.5. The van der Waals surface area contributed by atoms with Crippen LogP contribution in [0.25, 0.3) is 0 Å². The fourth-order valence-electron chi connectivity index (χ4n) is 2.78. The fraction of sp³-hybridized carbons (Fsp3) is 0.190. The van der Waals surface area contributed by atoms with Crippen LogP contribution in [-0.4, -0.2) is 28.1 Å². The van der Waals surface area contributed by atoms with Crippen LogP contribution in [0.3, 0.4) is 0 Å². The van der Waals surface area contributed by atoms with Gasteiger partial charge in [0.25, 0.3) is 5.91 Å². The Morgan fingerprint density at radius 3 is 2.69 bits per heavy atom. The Hall–Kier alpha value is -2.83. The maximum atomic E-state index is 12.3. The van der Waals surface area contributed by atoms with Gasteiger partial charge in [-0.1, -0.05) is 53.0 Å². The van der Waals surface area contributed by atoms with E-state index in [1.54, 1.807) is 35.1 Å². The number of nitrogens with zero attached hydrogens (tertiary/aromatic N) is 2. The minimum Gasteiger partial charge on any atom is -0.352 e. The van der Waals surface area contributed by atoms with Crippen molar-refractivity contribution in [3.8, 4) is 0 Å². The van der Waals surface area contributed by atoms with Crippen molar-refractivity contribution in [2.75, 3.05) is 11.9 Å². The maximum Gasteiger partial charge on any atom is 0.251 e. The van der Waals surface area contributed by atoms with Gasteiger partial charge in [0.15, 0.2) is 0 Å². The largest absolute Gasteiger partial charge is 0.352 e. The molecule has 0 saturated carbocycles. The molecule has 0 aliphatic heterocycles. The Morgan fingerprint density at radius 2 is 1.90 bits per heavy atom. The predicted molar refractivity (Wildman–Crippen MR) is 115 cm³/mol. The zero-order chi connectivity index (χ0) is 20.8. The third-order valence-corrected chi connectivity index (χ3v) is 5.11. The van der Waals surface area contributed by atoms with Crippen LogP contribution >= 0.6 is 23.2 Å². The van der Waals surface area contributed by atoms with Gasteiger partial charge in [0, 0.05) is 24.6 Å². The van der Waals surface area contributed by atoms with Crippen molar-refractivity contribution >= 4 is 40.8 Å². The van der Waals surface area contributed by atoms with Crippen LogP contribution in [0.4, 0.5) is 5.82 Å². The van der Waals surface area contributed by atoms with Crippen molar-refractivity contribution in [3.05, 3.63) is 81.5 Å². The number of halogens is 2. The normalized spacial score (nSPS) is 10.6. The van der Waals surface area contributed by atoms with Gasteiger partial charge in [-0.2, -0.15) is 5.10 Å². The average molecular weight is 431 g/mol. The van der Waals surface area contributed by atoms with Crippen molar-refractivity contribution in [3.63, 3.8) is 0 Å². The van der Waals surface area contributed by atoms with Crippen molar-refractivity contribution < 1.29 is 9.59 Å². The summed E-state index contributed by atoms with van der Waals surface area (Å²) in [6.45, 7) is 2.52. The van der Waals surface area contributed by atoms with E-state index in [0.29, 0.717) is 28.0 Å². The van der Waals surface area contributed by atoms with Crippen LogP contribution in [0.2, 0.25) is 10.0 Å². The van der Waals surface area contributed by atoms with Crippen molar-refractivity contribution in [2.24, 2.45) is 0 Å². The summed E-state index contributed by atoms with van der Waals surface area (Å²) in [5.74, 6) is 0.103. The highest BCUT2D eigenvalue weighted by Gasteiger charge is 2.11. The highest BCUT2D eigenvalue weighted by Crippen LogP contribution is 2.26. The smallest absolute Gasteiger partial charge is 0.251 e. The lowest BCUT2D eigenvalue weighted by molar-refractivity contribution is -0.116. The predicted octanol–water partition coefficient (Wildman–Crippen LogP) is 4.31. The first-order valence-electron chi connectivity index (χ1n) is 9.03. The molecule has 2 N–H and O–H groups in total. The van der Waals surface area contributed by atoms with Crippen LogP contribution < -0.4 is 10.6 Å². The molecule has 0 saturated heterocycles. The summed E-state index contributed by atoms with van der Waals surface area (Å²) in [4.78, 5) is 24.4. The van der Waals surface area contributed by atoms with E-state index in [0.717, 1.165) is 11.1 Å². The zero-order valence-electron chi connectivity index (χ0n) is 15.8. The summed E-state index contributed by atoms with van der Waals surface area (Å²) in [5, 5.41) is 10.7. The molecule has 0 fully saturated rings. The van der Waals surface area contributed by atoms with E-state index in [2.05, 4.69) is 15.7 Å². The molecule has 0 atom stereocenters. The number of aryl methyl sites for hydroxylation is 1. The SMILES string of the molecule is Cc1cccc(C(=O)NCCC(=O)Nc2ccnn2Cc2cccc(Cl)c2Cl)c1. The van der Waals surface area contributed by atoms with Crippen molar-refractivity contribution in [1.82, 2.24) is 15.1 Å². The number of amides is 2. The first kappa shape index (κ1) is 20.9. The molecule has 0 radical (unpaired) electrons. The second-order valence-corrected chi connectivity index (χ2v) is 7.30. The number of nitrogens with one attached hydrogen (secondary N) is 2. The van der Waals surface area contributed by atoms with Crippen molar-refractivity contribution in [1.29, 1.82) is 0 Å². The number of rotatable bonds is 7. The number of benzene rings is 2. The summed E-state index contributed by atoms with van der Waals surface area (Å²) in [6, 6.07) is 14.3. The van der Waals surface area contributed by atoms with Crippen LogP contribution in [0.1, 0.15) is 27.9 Å². The molecular weight excluding hydrogens is 411 g/mol. The quantitative estimate of drug-likeness (QED) is 0.586. The molecule has 2 aromatic carbocycles. The van der Waals surface area contributed by atoms with Gasteiger partial charge in [0.1, 0.15) is 5.82 Å². The first-order chi connectivity index (χ1) is 13.9. The van der Waals surface area contributed by atoms with E-state index in [4.69, 9.17) is 23.2 Å². The topological polar surface area (TPSA) is 76.0 Å². The average Bonchev–Trinajstić information content (AvgIpc) is 3.12. The summed E-state index contributed by atoms with van der Waals surface area (Å²) in [5.41, 5.74) is 2.37. The molecule has 0 spiro atoms. The maximum absolute atomic E-state index is 12.3. The zero-order valence-corrected chi connectivity index (χ0v) is 17.3. The molecule has 0 bridgehead atoms. The molecule has 150 valence electrons. The van der Waals surface area contributed by atoms with E-state index >= 15 is 0 Å². The van der Waals surface area contributed by atoms with E-state index < -0.39 is 0 Å². The lowest BCUT2D eigenvalue weighted by Crippen LogP contribution is -2.28. The Kier molecular flexibility index (Phi) is 6.90. The Balaban J connectivity index is 1.53. The molecule has 0 aliphatic carbocycles. The van der Waals surface area contributed by atoms with Crippen LogP contribution in [0.5, 0.6) is 0 Å². The van der Waals surface area contributed by atoms with Gasteiger partial charge >= 0.3 is 0 Å². The van der Waals surface area contributed by atoms with Gasteiger partial charge in [-0.3, -0.25) is 9.59 Å². The minimum atomic E-state index is -0.228. The second kappa shape index (κ2) is 9.58. The lowest BCUT2D eigenvalue weighted by Gasteiger charge is -2.11. The van der Waals surface area contributed by atoms with Gasteiger partial charge in [-0.15, -0.1) is 0 Å². The molecule has 8 heteroatoms. The number of carbonyl (C=O) groups excluding carboxylic acids is 2. The van der Waals surface area contributed by atoms with E-state index in [9.17, 15) is 9.59 Å². The Morgan fingerprint density at radius 1 is 1.10 bits per heavy atom. The number of anilines is 1. The summed E-state index contributed by atoms with van der Waals surface area (Å²) in [6.07, 6.45) is 1.73. The molecular formula is C21H20Cl2N4O2. The molecule has 0 aliphatic rings. The standard InChI is InChI=1S/C21H20Cl2N4O2/c1-14-4-2-5-15(12-14)21(29)24-10-9-19(28)26-18-8-11-25-27(18)13-16-6-3-7-17(22)20(16)23/h2-8,11-12H,9-10,13H2,1H3,(H,24,29)(H,26,28). The molecule has 29 heavy (non-hydrogen) atoms. The van der Waals surface area contributed by atoms with Gasteiger partial charge in [0.05, 0.1) is 22.8 Å². The Bertz CT molecular complexity index is 1030. The lowest BCUT2D eigenvalue weighted by atomic mass is 10.1. The summed E-state index contributed by atoms with van der Waals surface area (Å²) >= 11 is 12.3. The first-order valence-corrected chi connectivity index (χ1v) is 9.79. The van der Waals surface area contributed by atoms with E-state index in [1.807, 2.05) is 31.2 Å². The number of hydrogen-bond acceptors (Lipinski definition) is 3. The number of hydrogen-bond donors (Lipinski definition) is 2. The fourth-order valence-corrected chi connectivity index (χ4v) is 3.16.